The Morgan fingerprint density at radius 3 is 1.88 bits per heavy atom. The Balaban J connectivity index is 2.60. The Hall–Kier alpha value is -0.810. The van der Waals surface area contributed by atoms with Crippen LogP contribution in [0.4, 0.5) is 0 Å². The fourth-order valence-electron chi connectivity index (χ4n) is 1.26. The van der Waals surface area contributed by atoms with Crippen LogP contribution in [0.3, 0.4) is 0 Å². The van der Waals surface area contributed by atoms with Crippen molar-refractivity contribution >= 4 is 25.2 Å². The van der Waals surface area contributed by atoms with Gasteiger partial charge in [0.15, 0.2) is 0 Å². The summed E-state index contributed by atoms with van der Waals surface area (Å²) in [5, 5.41) is 27.6. The Morgan fingerprint density at radius 1 is 1.00 bits per heavy atom. The van der Waals surface area contributed by atoms with Crippen LogP contribution in [0.15, 0.2) is 24.3 Å². The van der Waals surface area contributed by atoms with Crippen molar-refractivity contribution in [2.24, 2.45) is 5.41 Å². The predicted molar refractivity (Wildman–Crippen MR) is 69.3 cm³/mol. The normalized spacial score (nSPS) is 11.4. The van der Waals surface area contributed by atoms with E-state index in [4.69, 9.17) is 14.7 Å². The molecule has 3 N–H and O–H groups in total. The molecule has 6 heteroatoms. The van der Waals surface area contributed by atoms with E-state index in [-0.39, 0.29) is 5.41 Å². The molecule has 0 aliphatic heterocycles. The van der Waals surface area contributed by atoms with E-state index in [1.54, 1.807) is 24.3 Å². The molecular formula is C11H18B2O4. The molecule has 0 bridgehead atoms. The fraction of sp³-hybridized carbons (Fsp3) is 0.455. The maximum Gasteiger partial charge on any atom is 0.491 e. The molecule has 1 aromatic rings. The molecule has 0 spiro atoms. The van der Waals surface area contributed by atoms with Gasteiger partial charge in [0.25, 0.3) is 0 Å². The second-order valence-corrected chi connectivity index (χ2v) is 5.26. The first-order valence-electron chi connectivity index (χ1n) is 5.55. The smallest absolute Gasteiger partial charge is 0.423 e. The van der Waals surface area contributed by atoms with Crippen LogP contribution in [0.5, 0.6) is 0 Å². The highest BCUT2D eigenvalue weighted by molar-refractivity contribution is 6.61. The average Bonchev–Trinajstić information content (AvgIpc) is 2.25. The van der Waals surface area contributed by atoms with Crippen LogP contribution in [-0.4, -0.2) is 35.9 Å². The highest BCUT2D eigenvalue weighted by Gasteiger charge is 2.21. The van der Waals surface area contributed by atoms with E-state index in [0.29, 0.717) is 17.5 Å². The van der Waals surface area contributed by atoms with Gasteiger partial charge in [-0.15, -0.1) is 0 Å². The molecule has 1 aromatic carbocycles. The van der Waals surface area contributed by atoms with Gasteiger partial charge in [-0.3, -0.25) is 0 Å². The molecule has 0 atom stereocenters. The second kappa shape index (κ2) is 5.69. The van der Waals surface area contributed by atoms with E-state index < -0.39 is 14.2 Å². The lowest BCUT2D eigenvalue weighted by Crippen LogP contribution is -2.38. The van der Waals surface area contributed by atoms with Gasteiger partial charge in [-0.05, 0) is 16.3 Å². The Bertz CT molecular complexity index is 345. The van der Waals surface area contributed by atoms with Gasteiger partial charge in [0, 0.05) is 6.61 Å². The van der Waals surface area contributed by atoms with E-state index in [0.717, 1.165) is 0 Å². The van der Waals surface area contributed by atoms with Crippen molar-refractivity contribution in [3.8, 4) is 0 Å². The standard InChI is InChI=1S/C11H18B2O4/c1-11(2,3)8-17-13(16)10-6-4-9(5-7-10)12(14)15/h4-7,14-16H,8H2,1-3H3. The Labute approximate surface area is 103 Å². The molecule has 0 fully saturated rings. The van der Waals surface area contributed by atoms with E-state index in [2.05, 4.69) is 0 Å². The summed E-state index contributed by atoms with van der Waals surface area (Å²) < 4.78 is 5.32. The topological polar surface area (TPSA) is 69.9 Å². The molecule has 0 amide bonds. The van der Waals surface area contributed by atoms with Gasteiger partial charge in [-0.2, -0.15) is 0 Å². The highest BCUT2D eigenvalue weighted by atomic mass is 16.5. The molecule has 92 valence electrons. The van der Waals surface area contributed by atoms with Crippen LogP contribution >= 0.6 is 0 Å². The largest absolute Gasteiger partial charge is 0.491 e. The zero-order valence-electron chi connectivity index (χ0n) is 10.4. The van der Waals surface area contributed by atoms with Crippen molar-refractivity contribution in [3.63, 3.8) is 0 Å². The van der Waals surface area contributed by atoms with Gasteiger partial charge in [-0.25, -0.2) is 0 Å². The van der Waals surface area contributed by atoms with E-state index in [1.807, 2.05) is 20.8 Å². The van der Waals surface area contributed by atoms with E-state index in [9.17, 15) is 5.02 Å². The first kappa shape index (κ1) is 14.3. The van der Waals surface area contributed by atoms with Crippen LogP contribution in [0.1, 0.15) is 20.8 Å². The zero-order valence-corrected chi connectivity index (χ0v) is 10.4. The molecule has 0 saturated carbocycles. The number of rotatable bonds is 4. The summed E-state index contributed by atoms with van der Waals surface area (Å²) >= 11 is 0. The quantitative estimate of drug-likeness (QED) is 0.593. The van der Waals surface area contributed by atoms with Gasteiger partial charge in [0.2, 0.25) is 0 Å². The van der Waals surface area contributed by atoms with Crippen molar-refractivity contribution in [2.45, 2.75) is 20.8 Å². The number of hydrogen-bond donors (Lipinski definition) is 3. The molecule has 4 nitrogen and oxygen atoms in total. The van der Waals surface area contributed by atoms with Crippen molar-refractivity contribution in [1.82, 2.24) is 0 Å². The minimum Gasteiger partial charge on any atom is -0.423 e. The molecule has 0 saturated heterocycles. The third-order valence-electron chi connectivity index (χ3n) is 2.19. The third-order valence-corrected chi connectivity index (χ3v) is 2.19. The maximum absolute atomic E-state index is 9.77. The molecule has 17 heavy (non-hydrogen) atoms. The molecule has 0 unspecified atom stereocenters. The lowest BCUT2D eigenvalue weighted by Gasteiger charge is -2.19. The van der Waals surface area contributed by atoms with Crippen molar-refractivity contribution < 1.29 is 19.7 Å². The summed E-state index contributed by atoms with van der Waals surface area (Å²) in [4.78, 5) is 0. The van der Waals surface area contributed by atoms with Crippen molar-refractivity contribution in [2.75, 3.05) is 6.61 Å². The lowest BCUT2D eigenvalue weighted by atomic mass is 9.74. The zero-order chi connectivity index (χ0) is 13.1. The number of benzene rings is 1. The van der Waals surface area contributed by atoms with E-state index >= 15 is 0 Å². The molecule has 0 aliphatic rings. The van der Waals surface area contributed by atoms with Gasteiger partial charge in [-0.1, -0.05) is 45.0 Å². The first-order chi connectivity index (χ1) is 7.79. The summed E-state index contributed by atoms with van der Waals surface area (Å²) in [5.74, 6) is 0. The summed E-state index contributed by atoms with van der Waals surface area (Å²) in [6.07, 6.45) is 0. The Kier molecular flexibility index (Phi) is 4.77. The van der Waals surface area contributed by atoms with E-state index in [1.165, 1.54) is 0 Å². The van der Waals surface area contributed by atoms with Gasteiger partial charge in [0.1, 0.15) is 0 Å². The molecule has 0 aliphatic carbocycles. The third kappa shape index (κ3) is 4.91. The number of hydrogen-bond acceptors (Lipinski definition) is 4. The summed E-state index contributed by atoms with van der Waals surface area (Å²) in [7, 11) is -2.48. The summed E-state index contributed by atoms with van der Waals surface area (Å²) in [6, 6.07) is 6.32. The lowest BCUT2D eigenvalue weighted by molar-refractivity contribution is 0.174. The van der Waals surface area contributed by atoms with Crippen molar-refractivity contribution in [1.29, 1.82) is 0 Å². The van der Waals surface area contributed by atoms with Gasteiger partial charge >= 0.3 is 14.2 Å². The molecule has 0 aromatic heterocycles. The Morgan fingerprint density at radius 2 is 1.47 bits per heavy atom. The van der Waals surface area contributed by atoms with Crippen LogP contribution in [0.25, 0.3) is 0 Å². The van der Waals surface area contributed by atoms with Gasteiger partial charge < -0.3 is 19.7 Å². The minimum absolute atomic E-state index is 0.0117. The predicted octanol–water partition coefficient (Wildman–Crippen LogP) is -0.883. The maximum atomic E-state index is 9.77. The molecule has 0 radical (unpaired) electrons. The van der Waals surface area contributed by atoms with Crippen LogP contribution < -0.4 is 10.9 Å². The summed E-state index contributed by atoms with van der Waals surface area (Å²) in [6.45, 7) is 6.50. The SMILES string of the molecule is CC(C)(C)COB(O)c1ccc(B(O)O)cc1. The van der Waals surface area contributed by atoms with Crippen LogP contribution in [0.2, 0.25) is 0 Å². The summed E-state index contributed by atoms with van der Waals surface area (Å²) in [5.41, 5.74) is 0.970. The molecule has 0 heterocycles. The highest BCUT2D eigenvalue weighted by Crippen LogP contribution is 2.12. The fourth-order valence-corrected chi connectivity index (χ4v) is 1.26. The van der Waals surface area contributed by atoms with Gasteiger partial charge in [0.05, 0.1) is 0 Å². The van der Waals surface area contributed by atoms with Crippen LogP contribution in [0, 0.1) is 5.41 Å². The van der Waals surface area contributed by atoms with Crippen molar-refractivity contribution in [3.05, 3.63) is 24.3 Å². The molecule has 1 rings (SSSR count). The minimum atomic E-state index is -1.49. The molecular weight excluding hydrogens is 218 g/mol. The second-order valence-electron chi connectivity index (χ2n) is 5.26. The van der Waals surface area contributed by atoms with Crippen LogP contribution in [-0.2, 0) is 4.65 Å². The first-order valence-corrected chi connectivity index (χ1v) is 5.55. The average molecular weight is 236 g/mol. The monoisotopic (exact) mass is 236 g/mol.